The van der Waals surface area contributed by atoms with Gasteiger partial charge in [-0.05, 0) is 13.3 Å². The first-order valence-electron chi connectivity index (χ1n) is 6.86. The predicted octanol–water partition coefficient (Wildman–Crippen LogP) is 2.58. The summed E-state index contributed by atoms with van der Waals surface area (Å²) in [6.07, 6.45) is 1.74. The Kier molecular flexibility index (Phi) is 4.87. The quantitative estimate of drug-likeness (QED) is 0.878. The Morgan fingerprint density at radius 3 is 2.80 bits per heavy atom. The Hall–Kier alpha value is -2.17. The second-order valence-electron chi connectivity index (χ2n) is 4.75. The summed E-state index contributed by atoms with van der Waals surface area (Å²) in [4.78, 5) is 16.0. The Morgan fingerprint density at radius 1 is 1.35 bits per heavy atom. The summed E-state index contributed by atoms with van der Waals surface area (Å²) in [7, 11) is 0. The number of benzene rings is 1. The Bertz CT molecular complexity index is 551. The smallest absolute Gasteiger partial charge is 0.227 e. The predicted molar refractivity (Wildman–Crippen MR) is 76.0 cm³/mol. The lowest BCUT2D eigenvalue weighted by Gasteiger charge is -2.10. The van der Waals surface area contributed by atoms with E-state index in [0.717, 1.165) is 12.0 Å². The standard InChI is InChI=1S/C15H19N3O2/c1-3-11(2)16-13(19)9-10-14-17-15(18-20-14)12-7-5-4-6-8-12/h4-8,11H,3,9-10H2,1-2H3,(H,16,19)/t11-/m1/s1. The molecule has 5 heteroatoms. The maximum Gasteiger partial charge on any atom is 0.227 e. The SMILES string of the molecule is CC[C@@H](C)NC(=O)CCc1nc(-c2ccccc2)no1. The summed E-state index contributed by atoms with van der Waals surface area (Å²) in [5.74, 6) is 1.06. The first-order chi connectivity index (χ1) is 9.69. The minimum Gasteiger partial charge on any atom is -0.354 e. The van der Waals surface area contributed by atoms with Crippen LogP contribution in [0.1, 0.15) is 32.6 Å². The van der Waals surface area contributed by atoms with E-state index in [-0.39, 0.29) is 11.9 Å². The van der Waals surface area contributed by atoms with Gasteiger partial charge in [-0.1, -0.05) is 42.4 Å². The van der Waals surface area contributed by atoms with Crippen LogP contribution in [0.15, 0.2) is 34.9 Å². The molecule has 0 aliphatic rings. The lowest BCUT2D eigenvalue weighted by atomic mass is 10.2. The molecular formula is C15H19N3O2. The van der Waals surface area contributed by atoms with Gasteiger partial charge < -0.3 is 9.84 Å². The Balaban J connectivity index is 1.89. The van der Waals surface area contributed by atoms with E-state index in [1.165, 1.54) is 0 Å². The molecule has 1 N–H and O–H groups in total. The van der Waals surface area contributed by atoms with Crippen molar-refractivity contribution in [2.24, 2.45) is 0 Å². The molecule has 1 aromatic carbocycles. The van der Waals surface area contributed by atoms with Gasteiger partial charge >= 0.3 is 0 Å². The van der Waals surface area contributed by atoms with Crippen LogP contribution in [0.25, 0.3) is 11.4 Å². The van der Waals surface area contributed by atoms with Gasteiger partial charge in [0.1, 0.15) is 0 Å². The van der Waals surface area contributed by atoms with Crippen molar-refractivity contribution in [1.82, 2.24) is 15.5 Å². The van der Waals surface area contributed by atoms with Gasteiger partial charge in [-0.3, -0.25) is 4.79 Å². The fraction of sp³-hybridized carbons (Fsp3) is 0.400. The van der Waals surface area contributed by atoms with Crippen LogP contribution in [0.3, 0.4) is 0 Å². The number of aromatic nitrogens is 2. The van der Waals surface area contributed by atoms with Crippen LogP contribution < -0.4 is 5.32 Å². The fourth-order valence-corrected chi connectivity index (χ4v) is 1.73. The number of hydrogen-bond donors (Lipinski definition) is 1. The zero-order valence-corrected chi connectivity index (χ0v) is 11.8. The second-order valence-corrected chi connectivity index (χ2v) is 4.75. The molecule has 1 amide bonds. The van der Waals surface area contributed by atoms with Crippen LogP contribution in [0, 0.1) is 0 Å². The minimum atomic E-state index is 0.0128. The van der Waals surface area contributed by atoms with E-state index >= 15 is 0 Å². The number of rotatable bonds is 6. The van der Waals surface area contributed by atoms with Crippen LogP contribution in [0.2, 0.25) is 0 Å². The molecule has 1 heterocycles. The number of hydrogen-bond acceptors (Lipinski definition) is 4. The number of carbonyl (C=O) groups excluding carboxylic acids is 1. The highest BCUT2D eigenvalue weighted by molar-refractivity contribution is 5.76. The molecule has 5 nitrogen and oxygen atoms in total. The third-order valence-electron chi connectivity index (χ3n) is 3.09. The minimum absolute atomic E-state index is 0.0128. The van der Waals surface area contributed by atoms with E-state index in [1.807, 2.05) is 44.2 Å². The molecule has 20 heavy (non-hydrogen) atoms. The zero-order chi connectivity index (χ0) is 14.4. The van der Waals surface area contributed by atoms with Gasteiger partial charge in [0.2, 0.25) is 17.6 Å². The van der Waals surface area contributed by atoms with E-state index in [9.17, 15) is 4.79 Å². The summed E-state index contributed by atoms with van der Waals surface area (Å²) < 4.78 is 5.16. The Labute approximate surface area is 118 Å². The summed E-state index contributed by atoms with van der Waals surface area (Å²) in [6.45, 7) is 4.02. The second kappa shape index (κ2) is 6.84. The van der Waals surface area contributed by atoms with E-state index in [4.69, 9.17) is 4.52 Å². The van der Waals surface area contributed by atoms with Gasteiger partial charge in [-0.25, -0.2) is 0 Å². The molecule has 0 saturated heterocycles. The monoisotopic (exact) mass is 273 g/mol. The third kappa shape index (κ3) is 3.91. The average Bonchev–Trinajstić information content (AvgIpc) is 2.95. The number of nitrogens with zero attached hydrogens (tertiary/aromatic N) is 2. The molecular weight excluding hydrogens is 254 g/mol. The van der Waals surface area contributed by atoms with E-state index < -0.39 is 0 Å². The van der Waals surface area contributed by atoms with Crippen molar-refractivity contribution in [3.05, 3.63) is 36.2 Å². The number of amides is 1. The van der Waals surface area contributed by atoms with E-state index in [2.05, 4.69) is 15.5 Å². The van der Waals surface area contributed by atoms with Crippen molar-refractivity contribution < 1.29 is 9.32 Å². The molecule has 106 valence electrons. The van der Waals surface area contributed by atoms with Gasteiger partial charge in [-0.15, -0.1) is 0 Å². The van der Waals surface area contributed by atoms with Gasteiger partial charge in [0.25, 0.3) is 0 Å². The Morgan fingerprint density at radius 2 is 2.10 bits per heavy atom. The highest BCUT2D eigenvalue weighted by Crippen LogP contribution is 2.15. The number of nitrogens with one attached hydrogen (secondary N) is 1. The fourth-order valence-electron chi connectivity index (χ4n) is 1.73. The average molecular weight is 273 g/mol. The first-order valence-corrected chi connectivity index (χ1v) is 6.86. The van der Waals surface area contributed by atoms with E-state index in [0.29, 0.717) is 24.6 Å². The zero-order valence-electron chi connectivity index (χ0n) is 11.8. The van der Waals surface area contributed by atoms with E-state index in [1.54, 1.807) is 0 Å². The van der Waals surface area contributed by atoms with Gasteiger partial charge in [-0.2, -0.15) is 4.98 Å². The van der Waals surface area contributed by atoms with Crippen molar-refractivity contribution in [3.8, 4) is 11.4 Å². The molecule has 1 atom stereocenters. The number of aryl methyl sites for hydroxylation is 1. The van der Waals surface area contributed by atoms with Crippen molar-refractivity contribution in [2.45, 2.75) is 39.2 Å². The summed E-state index contributed by atoms with van der Waals surface area (Å²) in [5.41, 5.74) is 0.909. The number of carbonyl (C=O) groups is 1. The molecule has 0 saturated carbocycles. The maximum absolute atomic E-state index is 11.7. The summed E-state index contributed by atoms with van der Waals surface area (Å²) in [5, 5.41) is 6.83. The molecule has 0 unspecified atom stereocenters. The molecule has 0 bridgehead atoms. The molecule has 0 radical (unpaired) electrons. The molecule has 0 fully saturated rings. The van der Waals surface area contributed by atoms with Crippen LogP contribution in [0.5, 0.6) is 0 Å². The maximum atomic E-state index is 11.7. The molecule has 0 aliphatic carbocycles. The molecule has 2 aromatic rings. The summed E-state index contributed by atoms with van der Waals surface area (Å²) >= 11 is 0. The lowest BCUT2D eigenvalue weighted by Crippen LogP contribution is -2.32. The van der Waals surface area contributed by atoms with Crippen LogP contribution in [-0.4, -0.2) is 22.1 Å². The van der Waals surface area contributed by atoms with Gasteiger partial charge in [0, 0.05) is 24.4 Å². The van der Waals surface area contributed by atoms with Gasteiger partial charge in [0.15, 0.2) is 0 Å². The topological polar surface area (TPSA) is 68.0 Å². The van der Waals surface area contributed by atoms with Crippen LogP contribution in [0.4, 0.5) is 0 Å². The molecule has 1 aromatic heterocycles. The van der Waals surface area contributed by atoms with Gasteiger partial charge in [0.05, 0.1) is 0 Å². The van der Waals surface area contributed by atoms with Crippen LogP contribution >= 0.6 is 0 Å². The van der Waals surface area contributed by atoms with Crippen molar-refractivity contribution in [2.75, 3.05) is 0 Å². The largest absolute Gasteiger partial charge is 0.354 e. The molecule has 0 aliphatic heterocycles. The highest BCUT2D eigenvalue weighted by Gasteiger charge is 2.11. The third-order valence-corrected chi connectivity index (χ3v) is 3.09. The van der Waals surface area contributed by atoms with Crippen molar-refractivity contribution in [3.63, 3.8) is 0 Å². The van der Waals surface area contributed by atoms with Crippen LogP contribution in [-0.2, 0) is 11.2 Å². The molecule has 2 rings (SSSR count). The lowest BCUT2D eigenvalue weighted by molar-refractivity contribution is -0.121. The van der Waals surface area contributed by atoms with Crippen molar-refractivity contribution in [1.29, 1.82) is 0 Å². The highest BCUT2D eigenvalue weighted by atomic mass is 16.5. The van der Waals surface area contributed by atoms with Crippen molar-refractivity contribution >= 4 is 5.91 Å². The normalized spacial score (nSPS) is 12.1. The summed E-state index contributed by atoms with van der Waals surface area (Å²) in [6, 6.07) is 9.82. The molecule has 0 spiro atoms. The first kappa shape index (κ1) is 14.2.